The zero-order valence-electron chi connectivity index (χ0n) is 16.6. The minimum absolute atomic E-state index is 0.0670. The van der Waals surface area contributed by atoms with Gasteiger partial charge in [0, 0.05) is 16.8 Å². The molecular formula is C19H17Cl2FN8O. The Morgan fingerprint density at radius 1 is 1.13 bits per heavy atom. The number of nitrogens with one attached hydrogen (secondary N) is 1. The van der Waals surface area contributed by atoms with Crippen molar-refractivity contribution in [3.05, 3.63) is 75.3 Å². The van der Waals surface area contributed by atoms with Crippen LogP contribution < -0.4 is 5.32 Å². The summed E-state index contributed by atoms with van der Waals surface area (Å²) in [7, 11) is 0. The van der Waals surface area contributed by atoms with Crippen LogP contribution in [0.25, 0.3) is 0 Å². The Bertz CT molecular complexity index is 1240. The van der Waals surface area contributed by atoms with E-state index < -0.39 is 11.7 Å². The standard InChI is InChI=1S/C19H17Cl2FN8O/c1-11-17(21)12(2)30(25-11)10-28-7-6-16(26-28)18(31)24-19-23-9-29(27-19)8-13-14(20)4-3-5-15(13)22/h3-7,9H,8,10H2,1-2H3,(H,24,27,31). The molecule has 3 heterocycles. The van der Waals surface area contributed by atoms with Gasteiger partial charge in [0.05, 0.1) is 23.0 Å². The predicted octanol–water partition coefficient (Wildman–Crippen LogP) is 3.54. The molecule has 1 N–H and O–H groups in total. The summed E-state index contributed by atoms with van der Waals surface area (Å²) in [5, 5.41) is 16.2. The van der Waals surface area contributed by atoms with E-state index in [0.29, 0.717) is 11.7 Å². The average Bonchev–Trinajstić information content (AvgIpc) is 3.43. The first kappa shape index (κ1) is 21.0. The van der Waals surface area contributed by atoms with Crippen LogP contribution in [0, 0.1) is 19.7 Å². The molecule has 0 aliphatic rings. The van der Waals surface area contributed by atoms with E-state index in [1.165, 1.54) is 23.1 Å². The van der Waals surface area contributed by atoms with Crippen molar-refractivity contribution in [2.75, 3.05) is 5.32 Å². The van der Waals surface area contributed by atoms with Gasteiger partial charge in [-0.15, -0.1) is 5.10 Å². The van der Waals surface area contributed by atoms with E-state index in [-0.39, 0.29) is 28.8 Å². The summed E-state index contributed by atoms with van der Waals surface area (Å²) < 4.78 is 18.6. The lowest BCUT2D eigenvalue weighted by Gasteiger charge is -2.05. The van der Waals surface area contributed by atoms with E-state index in [1.54, 1.807) is 27.7 Å². The Balaban J connectivity index is 1.42. The number of carbonyl (C=O) groups excluding carboxylic acids is 1. The molecule has 0 saturated carbocycles. The molecule has 160 valence electrons. The number of anilines is 1. The van der Waals surface area contributed by atoms with Crippen LogP contribution >= 0.6 is 23.2 Å². The third kappa shape index (κ3) is 4.44. The molecule has 0 saturated heterocycles. The maximum absolute atomic E-state index is 13.9. The Morgan fingerprint density at radius 3 is 2.65 bits per heavy atom. The molecule has 0 unspecified atom stereocenters. The summed E-state index contributed by atoms with van der Waals surface area (Å²) in [6, 6.07) is 6.00. The Hall–Kier alpha value is -3.24. The highest BCUT2D eigenvalue weighted by Crippen LogP contribution is 2.20. The smallest absolute Gasteiger partial charge is 0.278 e. The van der Waals surface area contributed by atoms with Gasteiger partial charge in [0.25, 0.3) is 5.91 Å². The number of halogens is 3. The molecule has 0 fully saturated rings. The van der Waals surface area contributed by atoms with Crippen LogP contribution in [0.5, 0.6) is 0 Å². The van der Waals surface area contributed by atoms with Crippen LogP contribution in [0.4, 0.5) is 10.3 Å². The van der Waals surface area contributed by atoms with Crippen LogP contribution in [0.2, 0.25) is 10.0 Å². The fourth-order valence-electron chi connectivity index (χ4n) is 2.95. The second kappa shape index (κ2) is 8.48. The molecule has 0 aliphatic carbocycles. The van der Waals surface area contributed by atoms with Gasteiger partial charge in [-0.2, -0.15) is 10.2 Å². The van der Waals surface area contributed by atoms with Crippen molar-refractivity contribution in [1.82, 2.24) is 34.3 Å². The molecule has 1 amide bonds. The Labute approximate surface area is 186 Å². The zero-order chi connectivity index (χ0) is 22.1. The van der Waals surface area contributed by atoms with Crippen molar-refractivity contribution in [1.29, 1.82) is 0 Å². The molecule has 0 atom stereocenters. The molecule has 31 heavy (non-hydrogen) atoms. The van der Waals surface area contributed by atoms with Crippen molar-refractivity contribution in [2.24, 2.45) is 0 Å². The second-order valence-electron chi connectivity index (χ2n) is 6.79. The van der Waals surface area contributed by atoms with Gasteiger partial charge in [-0.25, -0.2) is 18.7 Å². The minimum atomic E-state index is -0.480. The molecular weight excluding hydrogens is 446 g/mol. The predicted molar refractivity (Wildman–Crippen MR) is 113 cm³/mol. The maximum Gasteiger partial charge on any atom is 0.278 e. The molecule has 0 radical (unpaired) electrons. The number of hydrogen-bond donors (Lipinski definition) is 1. The monoisotopic (exact) mass is 462 g/mol. The van der Waals surface area contributed by atoms with E-state index in [9.17, 15) is 9.18 Å². The number of amides is 1. The van der Waals surface area contributed by atoms with Crippen LogP contribution in [-0.2, 0) is 13.2 Å². The lowest BCUT2D eigenvalue weighted by atomic mass is 10.2. The first-order valence-corrected chi connectivity index (χ1v) is 9.94. The van der Waals surface area contributed by atoms with Crippen LogP contribution in [0.15, 0.2) is 36.8 Å². The third-order valence-electron chi connectivity index (χ3n) is 4.59. The SMILES string of the molecule is Cc1nn(Cn2ccc(C(=O)Nc3ncn(Cc4c(F)cccc4Cl)n3)n2)c(C)c1Cl. The average molecular weight is 463 g/mol. The lowest BCUT2D eigenvalue weighted by molar-refractivity contribution is 0.102. The molecule has 0 spiro atoms. The number of rotatable bonds is 6. The lowest BCUT2D eigenvalue weighted by Crippen LogP contribution is -2.16. The first-order chi connectivity index (χ1) is 14.8. The molecule has 12 heteroatoms. The van der Waals surface area contributed by atoms with Crippen molar-refractivity contribution in [2.45, 2.75) is 27.1 Å². The molecule has 3 aromatic heterocycles. The summed E-state index contributed by atoms with van der Waals surface area (Å²) >= 11 is 12.2. The van der Waals surface area contributed by atoms with Gasteiger partial charge >= 0.3 is 0 Å². The van der Waals surface area contributed by atoms with E-state index in [4.69, 9.17) is 23.2 Å². The van der Waals surface area contributed by atoms with Gasteiger partial charge in [-0.05, 0) is 32.0 Å². The molecule has 4 aromatic rings. The Morgan fingerprint density at radius 2 is 1.94 bits per heavy atom. The highest BCUT2D eigenvalue weighted by Gasteiger charge is 2.15. The van der Waals surface area contributed by atoms with Crippen molar-refractivity contribution < 1.29 is 9.18 Å². The van der Waals surface area contributed by atoms with Gasteiger partial charge in [-0.3, -0.25) is 14.8 Å². The number of aryl methyl sites for hydroxylation is 1. The second-order valence-corrected chi connectivity index (χ2v) is 7.57. The van der Waals surface area contributed by atoms with Crippen molar-refractivity contribution >= 4 is 35.1 Å². The van der Waals surface area contributed by atoms with E-state index in [1.807, 2.05) is 13.8 Å². The number of nitrogens with zero attached hydrogens (tertiary/aromatic N) is 7. The summed E-state index contributed by atoms with van der Waals surface area (Å²) in [5.41, 5.74) is 2.00. The van der Waals surface area contributed by atoms with Gasteiger partial charge in [-0.1, -0.05) is 29.3 Å². The molecule has 0 bridgehead atoms. The number of hydrogen-bond acceptors (Lipinski definition) is 5. The highest BCUT2D eigenvalue weighted by molar-refractivity contribution is 6.32. The van der Waals surface area contributed by atoms with Gasteiger partial charge in [0.2, 0.25) is 5.95 Å². The van der Waals surface area contributed by atoms with Gasteiger partial charge < -0.3 is 0 Å². The largest absolute Gasteiger partial charge is 0.288 e. The third-order valence-corrected chi connectivity index (χ3v) is 5.49. The number of aromatic nitrogens is 7. The highest BCUT2D eigenvalue weighted by atomic mass is 35.5. The van der Waals surface area contributed by atoms with Crippen molar-refractivity contribution in [3.8, 4) is 0 Å². The molecule has 4 rings (SSSR count). The quantitative estimate of drug-likeness (QED) is 0.472. The van der Waals surface area contributed by atoms with Crippen LogP contribution in [0.3, 0.4) is 0 Å². The normalized spacial score (nSPS) is 11.1. The van der Waals surface area contributed by atoms with E-state index in [0.717, 1.165) is 11.4 Å². The minimum Gasteiger partial charge on any atom is -0.288 e. The Kier molecular flexibility index (Phi) is 5.75. The maximum atomic E-state index is 13.9. The first-order valence-electron chi connectivity index (χ1n) is 9.18. The zero-order valence-corrected chi connectivity index (χ0v) is 18.1. The number of carbonyl (C=O) groups is 1. The van der Waals surface area contributed by atoms with Gasteiger partial charge in [0.15, 0.2) is 5.69 Å². The summed E-state index contributed by atoms with van der Waals surface area (Å²) in [5.74, 6) is -0.854. The molecule has 9 nitrogen and oxygen atoms in total. The summed E-state index contributed by atoms with van der Waals surface area (Å²) in [4.78, 5) is 16.5. The summed E-state index contributed by atoms with van der Waals surface area (Å²) in [6.45, 7) is 4.06. The van der Waals surface area contributed by atoms with Crippen LogP contribution in [0.1, 0.15) is 27.4 Å². The fraction of sp³-hybridized carbons (Fsp3) is 0.211. The molecule has 1 aromatic carbocycles. The van der Waals surface area contributed by atoms with Crippen molar-refractivity contribution in [3.63, 3.8) is 0 Å². The van der Waals surface area contributed by atoms with E-state index >= 15 is 0 Å². The van der Waals surface area contributed by atoms with E-state index in [2.05, 4.69) is 25.6 Å². The number of benzene rings is 1. The molecule has 0 aliphatic heterocycles. The van der Waals surface area contributed by atoms with Gasteiger partial charge in [0.1, 0.15) is 18.8 Å². The van der Waals surface area contributed by atoms with Crippen LogP contribution in [-0.4, -0.2) is 40.2 Å². The topological polar surface area (TPSA) is 95.5 Å². The fourth-order valence-corrected chi connectivity index (χ4v) is 3.31. The summed E-state index contributed by atoms with van der Waals surface area (Å²) in [6.07, 6.45) is 3.04.